The Morgan fingerprint density at radius 3 is 2.70 bits per heavy atom. The molecule has 0 aliphatic rings. The van der Waals surface area contributed by atoms with E-state index in [1.54, 1.807) is 24.3 Å². The fourth-order valence-electron chi connectivity index (χ4n) is 2.14. The second kappa shape index (κ2) is 8.94. The van der Waals surface area contributed by atoms with Gasteiger partial charge in [0.1, 0.15) is 21.4 Å². The zero-order valence-electron chi connectivity index (χ0n) is 13.9. The van der Waals surface area contributed by atoms with E-state index in [2.05, 4.69) is 15.0 Å². The molecule has 4 N–H and O–H groups in total. The maximum atomic E-state index is 12.0. The summed E-state index contributed by atoms with van der Waals surface area (Å²) in [4.78, 5) is 23.9. The number of amides is 3. The molecule has 0 atom stereocenters. The number of hydrogen-bond donors (Lipinski definition) is 3. The Morgan fingerprint density at radius 2 is 2.04 bits per heavy atom. The van der Waals surface area contributed by atoms with Gasteiger partial charge in [-0.1, -0.05) is 35.5 Å². The fraction of sp³-hybridized carbons (Fsp3) is 0.118. The summed E-state index contributed by atoms with van der Waals surface area (Å²) < 4.78 is 9.39. The summed E-state index contributed by atoms with van der Waals surface area (Å²) in [6, 6.07) is 10.4. The minimum Gasteiger partial charge on any atom is -0.467 e. The summed E-state index contributed by atoms with van der Waals surface area (Å²) in [5.74, 6) is 0.554. The second-order valence-electron chi connectivity index (χ2n) is 5.36. The highest BCUT2D eigenvalue weighted by Gasteiger charge is 2.21. The van der Waals surface area contributed by atoms with E-state index >= 15 is 0 Å². The zero-order chi connectivity index (χ0) is 19.2. The van der Waals surface area contributed by atoms with Crippen LogP contribution in [-0.2, 0) is 12.3 Å². The topological polar surface area (TPSA) is 110 Å². The van der Waals surface area contributed by atoms with Gasteiger partial charge in [0, 0.05) is 10.8 Å². The molecule has 0 radical (unpaired) electrons. The molecule has 27 heavy (non-hydrogen) atoms. The van der Waals surface area contributed by atoms with Crippen molar-refractivity contribution < 1.29 is 14.0 Å². The van der Waals surface area contributed by atoms with E-state index < -0.39 is 11.9 Å². The smallest absolute Gasteiger partial charge is 0.320 e. The van der Waals surface area contributed by atoms with Gasteiger partial charge in [0.05, 0.1) is 12.8 Å². The van der Waals surface area contributed by atoms with Crippen molar-refractivity contribution in [1.29, 1.82) is 0 Å². The Labute approximate surface area is 168 Å². The highest BCUT2D eigenvalue weighted by atomic mass is 35.5. The number of benzene rings is 1. The van der Waals surface area contributed by atoms with Crippen molar-refractivity contribution in [2.24, 2.45) is 5.73 Å². The molecule has 0 bridgehead atoms. The van der Waals surface area contributed by atoms with E-state index in [9.17, 15) is 9.59 Å². The first-order valence-electron chi connectivity index (χ1n) is 7.77. The molecule has 3 amide bonds. The molecule has 0 aliphatic heterocycles. The highest BCUT2D eigenvalue weighted by Crippen LogP contribution is 2.33. The van der Waals surface area contributed by atoms with Crippen LogP contribution in [0.3, 0.4) is 0 Å². The van der Waals surface area contributed by atoms with Crippen molar-refractivity contribution in [1.82, 2.24) is 9.69 Å². The molecule has 3 aromatic rings. The molecular weight excluding hydrogens is 408 g/mol. The average Bonchev–Trinajstić information content (AvgIpc) is 3.29. The van der Waals surface area contributed by atoms with Crippen molar-refractivity contribution in [3.05, 3.63) is 64.6 Å². The quantitative estimate of drug-likeness (QED) is 0.496. The van der Waals surface area contributed by atoms with E-state index in [-0.39, 0.29) is 12.1 Å². The number of nitrogens with zero attached hydrogens (tertiary/aromatic N) is 1. The number of furan rings is 1. The predicted molar refractivity (Wildman–Crippen MR) is 106 cm³/mol. The third kappa shape index (κ3) is 5.25. The van der Waals surface area contributed by atoms with Crippen LogP contribution in [0.5, 0.6) is 0 Å². The molecule has 0 saturated heterocycles. The largest absolute Gasteiger partial charge is 0.467 e. The molecule has 2 heterocycles. The maximum absolute atomic E-state index is 12.0. The molecule has 0 unspecified atom stereocenters. The fourth-order valence-corrected chi connectivity index (χ4v) is 4.19. The standard InChI is InChI=1S/C17H15ClN4O3S2/c18-11-5-3-10(4-6-11)9-26-16-13(14(19)23)15(27-22-16)21-17(24)20-8-12-2-1-7-25-12/h1-7H,8-9H2,(H2,19,23)(H2,20,21,24). The molecule has 7 nitrogen and oxygen atoms in total. The molecule has 2 aromatic heterocycles. The Bertz CT molecular complexity index is 926. The number of carbonyl (C=O) groups is 2. The minimum absolute atomic E-state index is 0.201. The lowest BCUT2D eigenvalue weighted by Gasteiger charge is -2.06. The third-order valence-electron chi connectivity index (χ3n) is 3.43. The molecule has 0 spiro atoms. The number of rotatable bonds is 7. The lowest BCUT2D eigenvalue weighted by atomic mass is 10.2. The van der Waals surface area contributed by atoms with Crippen LogP contribution >= 0.6 is 34.9 Å². The zero-order valence-corrected chi connectivity index (χ0v) is 16.3. The number of hydrogen-bond acceptors (Lipinski definition) is 6. The molecule has 0 fully saturated rings. The van der Waals surface area contributed by atoms with Crippen LogP contribution in [0.15, 0.2) is 52.1 Å². The maximum Gasteiger partial charge on any atom is 0.320 e. The molecule has 0 saturated carbocycles. The molecule has 140 valence electrons. The molecular formula is C17H15ClN4O3S2. The summed E-state index contributed by atoms with van der Waals surface area (Å²) in [6.45, 7) is 0.224. The number of halogens is 1. The summed E-state index contributed by atoms with van der Waals surface area (Å²) in [5, 5.41) is 6.68. The van der Waals surface area contributed by atoms with E-state index in [4.69, 9.17) is 21.8 Å². The van der Waals surface area contributed by atoms with Gasteiger partial charge in [-0.05, 0) is 41.4 Å². The van der Waals surface area contributed by atoms with E-state index in [0.29, 0.717) is 26.6 Å². The summed E-state index contributed by atoms with van der Waals surface area (Å²) in [7, 11) is 0. The Morgan fingerprint density at radius 1 is 1.26 bits per heavy atom. The predicted octanol–water partition coefficient (Wildman–Crippen LogP) is 4.10. The number of primary amides is 1. The second-order valence-corrected chi connectivity index (χ2v) is 7.53. The van der Waals surface area contributed by atoms with Gasteiger partial charge in [-0.25, -0.2) is 4.79 Å². The van der Waals surface area contributed by atoms with Gasteiger partial charge in [0.2, 0.25) is 0 Å². The Balaban J connectivity index is 1.64. The first-order chi connectivity index (χ1) is 13.0. The van der Waals surface area contributed by atoms with Crippen LogP contribution in [0.25, 0.3) is 0 Å². The first-order valence-corrected chi connectivity index (χ1v) is 9.90. The number of carbonyl (C=O) groups excluding carboxylic acids is 2. The van der Waals surface area contributed by atoms with E-state index in [0.717, 1.165) is 17.1 Å². The number of anilines is 1. The van der Waals surface area contributed by atoms with Crippen molar-refractivity contribution in [3.8, 4) is 0 Å². The Kier molecular flexibility index (Phi) is 6.38. The molecule has 0 aliphatic carbocycles. The summed E-state index contributed by atoms with van der Waals surface area (Å²) in [5.41, 5.74) is 6.71. The van der Waals surface area contributed by atoms with Gasteiger partial charge in [0.25, 0.3) is 5.91 Å². The number of nitrogens with one attached hydrogen (secondary N) is 2. The van der Waals surface area contributed by atoms with Crippen LogP contribution < -0.4 is 16.4 Å². The van der Waals surface area contributed by atoms with Gasteiger partial charge in [-0.3, -0.25) is 10.1 Å². The van der Waals surface area contributed by atoms with Gasteiger partial charge in [0.15, 0.2) is 0 Å². The van der Waals surface area contributed by atoms with E-state index in [1.807, 2.05) is 12.1 Å². The van der Waals surface area contributed by atoms with Crippen LogP contribution in [0.2, 0.25) is 5.02 Å². The van der Waals surface area contributed by atoms with Crippen LogP contribution in [-0.4, -0.2) is 16.3 Å². The van der Waals surface area contributed by atoms with Crippen LogP contribution in [0.4, 0.5) is 9.80 Å². The lowest BCUT2D eigenvalue weighted by molar-refractivity contribution is 0.0998. The van der Waals surface area contributed by atoms with Gasteiger partial charge in [-0.15, -0.1) is 0 Å². The summed E-state index contributed by atoms with van der Waals surface area (Å²) >= 11 is 8.24. The number of nitrogens with two attached hydrogens (primary N) is 1. The minimum atomic E-state index is -0.649. The summed E-state index contributed by atoms with van der Waals surface area (Å²) in [6.07, 6.45) is 1.52. The van der Waals surface area contributed by atoms with Crippen molar-refractivity contribution in [2.75, 3.05) is 5.32 Å². The molecule has 10 heteroatoms. The van der Waals surface area contributed by atoms with Crippen molar-refractivity contribution in [2.45, 2.75) is 17.3 Å². The highest BCUT2D eigenvalue weighted by molar-refractivity contribution is 7.98. The molecule has 1 aromatic carbocycles. The van der Waals surface area contributed by atoms with Crippen LogP contribution in [0, 0.1) is 0 Å². The monoisotopic (exact) mass is 422 g/mol. The van der Waals surface area contributed by atoms with Gasteiger partial charge >= 0.3 is 6.03 Å². The number of aromatic nitrogens is 1. The SMILES string of the molecule is NC(=O)c1c(SCc2ccc(Cl)cc2)nsc1NC(=O)NCc1ccco1. The number of thioether (sulfide) groups is 1. The van der Waals surface area contributed by atoms with Gasteiger partial charge < -0.3 is 15.5 Å². The Hall–Kier alpha value is -2.49. The normalized spacial score (nSPS) is 10.6. The lowest BCUT2D eigenvalue weighted by Crippen LogP contribution is -2.28. The van der Waals surface area contributed by atoms with Crippen LogP contribution in [0.1, 0.15) is 21.7 Å². The van der Waals surface area contributed by atoms with Crippen molar-refractivity contribution in [3.63, 3.8) is 0 Å². The van der Waals surface area contributed by atoms with Crippen molar-refractivity contribution >= 4 is 51.8 Å². The first kappa shape index (κ1) is 19.3. The van der Waals surface area contributed by atoms with E-state index in [1.165, 1.54) is 18.0 Å². The number of urea groups is 1. The third-order valence-corrected chi connectivity index (χ3v) is 5.60. The average molecular weight is 423 g/mol. The molecule has 3 rings (SSSR count). The van der Waals surface area contributed by atoms with Gasteiger partial charge in [-0.2, -0.15) is 4.37 Å².